The highest BCUT2D eigenvalue weighted by Crippen LogP contribution is 2.75. The lowest BCUT2D eigenvalue weighted by Crippen LogP contribution is -2.68. The molecular formula is C40H57ClN2O3. The van der Waals surface area contributed by atoms with E-state index in [-0.39, 0.29) is 45.2 Å². The number of aliphatic hydroxyl groups is 1. The van der Waals surface area contributed by atoms with Crippen molar-refractivity contribution in [2.45, 2.75) is 112 Å². The second kappa shape index (κ2) is 10.6. The van der Waals surface area contributed by atoms with E-state index >= 15 is 0 Å². The van der Waals surface area contributed by atoms with Gasteiger partial charge in [-0.2, -0.15) is 0 Å². The van der Waals surface area contributed by atoms with Gasteiger partial charge in [0.1, 0.15) is 0 Å². The number of benzene rings is 1. The van der Waals surface area contributed by atoms with Gasteiger partial charge in [0.2, 0.25) is 5.91 Å². The van der Waals surface area contributed by atoms with Crippen LogP contribution in [-0.4, -0.2) is 54.0 Å². The zero-order valence-electron chi connectivity index (χ0n) is 29.4. The molecule has 0 radical (unpaired) electrons. The molecule has 6 aliphatic rings. The van der Waals surface area contributed by atoms with Crippen molar-refractivity contribution in [2.24, 2.45) is 50.2 Å². The van der Waals surface area contributed by atoms with Gasteiger partial charge in [0.15, 0.2) is 5.78 Å². The SMILES string of the molecule is CC1(C(=O)N2CCN(c3ccccc3Cl)CC2)CC[C@]2(C)CC[C@]3(C)C(=CC(=O)C4[C@@]5(C)C(O)CCC(C)(C)C5CC[C@]43C)[C@@H]2C1. The van der Waals surface area contributed by atoms with E-state index in [0.29, 0.717) is 19.0 Å². The molecule has 0 bridgehead atoms. The van der Waals surface area contributed by atoms with Gasteiger partial charge in [0.05, 0.1) is 16.8 Å². The molecule has 1 heterocycles. The predicted octanol–water partition coefficient (Wildman–Crippen LogP) is 8.33. The standard InChI is InChI=1S/C40H57ClN2O3/c1-35(2)14-13-32(45)40(7)31(35)12-15-39(6)33(40)30(44)24-26-27-25-37(4,17-16-36(27,3)18-19-38(26,39)5)34(46)43-22-20-42(21-23-43)29-11-9-8-10-28(29)41/h8-11,24,27,31-33,45H,12-23,25H2,1-7H3/t27-,31?,32?,33?,36+,37?,38+,39+,40+/m0/s1. The molecule has 5 aliphatic carbocycles. The summed E-state index contributed by atoms with van der Waals surface area (Å²) in [4.78, 5) is 33.5. The maximum atomic E-state index is 14.7. The number of anilines is 1. The van der Waals surface area contributed by atoms with Gasteiger partial charge in [-0.3, -0.25) is 9.59 Å². The molecule has 7 rings (SSSR count). The second-order valence-electron chi connectivity index (χ2n) is 18.4. The number of amides is 1. The Hall–Kier alpha value is -1.85. The first-order valence-corrected chi connectivity index (χ1v) is 18.6. The number of allylic oxidation sites excluding steroid dienone is 2. The maximum Gasteiger partial charge on any atom is 0.228 e. The number of halogens is 1. The highest BCUT2D eigenvalue weighted by atomic mass is 35.5. The average molecular weight is 649 g/mol. The summed E-state index contributed by atoms with van der Waals surface area (Å²) in [6.45, 7) is 19.5. The van der Waals surface area contributed by atoms with Crippen LogP contribution >= 0.6 is 11.6 Å². The summed E-state index contributed by atoms with van der Waals surface area (Å²) >= 11 is 6.51. The summed E-state index contributed by atoms with van der Waals surface area (Å²) in [6.07, 6.45) is 10.5. The zero-order valence-corrected chi connectivity index (χ0v) is 30.2. The Labute approximate surface area is 282 Å². The molecule has 5 nitrogen and oxygen atoms in total. The number of rotatable bonds is 2. The molecular weight excluding hydrogens is 592 g/mol. The molecule has 1 amide bonds. The molecule has 0 aromatic heterocycles. The Morgan fingerprint density at radius 1 is 0.870 bits per heavy atom. The Morgan fingerprint density at radius 3 is 2.24 bits per heavy atom. The van der Waals surface area contributed by atoms with Crippen LogP contribution in [0.25, 0.3) is 0 Å². The van der Waals surface area contributed by atoms with Gasteiger partial charge < -0.3 is 14.9 Å². The van der Waals surface area contributed by atoms with Gasteiger partial charge in [-0.25, -0.2) is 0 Å². The molecule has 46 heavy (non-hydrogen) atoms. The number of hydrogen-bond acceptors (Lipinski definition) is 4. The topological polar surface area (TPSA) is 60.9 Å². The van der Waals surface area contributed by atoms with E-state index in [0.717, 1.165) is 81.6 Å². The van der Waals surface area contributed by atoms with Gasteiger partial charge in [-0.05, 0) is 109 Å². The van der Waals surface area contributed by atoms with Crippen molar-refractivity contribution in [2.75, 3.05) is 31.1 Å². The minimum atomic E-state index is -0.444. The van der Waals surface area contributed by atoms with E-state index in [2.05, 4.69) is 70.4 Å². The number of ketones is 1. The fourth-order valence-electron chi connectivity index (χ4n) is 12.6. The monoisotopic (exact) mass is 648 g/mol. The molecule has 5 fully saturated rings. The average Bonchev–Trinajstić information content (AvgIpc) is 3.01. The van der Waals surface area contributed by atoms with Gasteiger partial charge in [0, 0.05) is 42.9 Å². The van der Waals surface area contributed by atoms with E-state index in [1.54, 1.807) is 0 Å². The van der Waals surface area contributed by atoms with Crippen LogP contribution in [0.2, 0.25) is 5.02 Å². The fourth-order valence-corrected chi connectivity index (χ4v) is 12.8. The quantitative estimate of drug-likeness (QED) is 0.350. The first-order valence-electron chi connectivity index (χ1n) is 18.2. The number of aliphatic hydroxyl groups excluding tert-OH is 1. The molecule has 1 aromatic rings. The molecule has 4 unspecified atom stereocenters. The van der Waals surface area contributed by atoms with Gasteiger partial charge in [0.25, 0.3) is 0 Å². The predicted molar refractivity (Wildman–Crippen MR) is 186 cm³/mol. The highest BCUT2D eigenvalue weighted by molar-refractivity contribution is 6.33. The van der Waals surface area contributed by atoms with Crippen molar-refractivity contribution in [3.63, 3.8) is 0 Å². The molecule has 1 N–H and O–H groups in total. The summed E-state index contributed by atoms with van der Waals surface area (Å²) in [5, 5.41) is 12.5. The summed E-state index contributed by atoms with van der Waals surface area (Å²) in [5.41, 5.74) is 1.42. The molecule has 0 spiro atoms. The van der Waals surface area contributed by atoms with E-state index in [1.807, 2.05) is 18.2 Å². The van der Waals surface area contributed by atoms with Crippen molar-refractivity contribution in [3.8, 4) is 0 Å². The number of piperazine rings is 1. The summed E-state index contributed by atoms with van der Waals surface area (Å²) in [5.74, 6) is 0.924. The van der Waals surface area contributed by atoms with Crippen LogP contribution in [0, 0.1) is 50.2 Å². The number of carbonyl (C=O) groups excluding carboxylic acids is 2. The van der Waals surface area contributed by atoms with E-state index in [1.165, 1.54) is 5.57 Å². The zero-order chi connectivity index (χ0) is 33.1. The molecule has 1 aliphatic heterocycles. The van der Waals surface area contributed by atoms with E-state index in [9.17, 15) is 14.7 Å². The third kappa shape index (κ3) is 4.41. The second-order valence-corrected chi connectivity index (χ2v) is 18.8. The highest BCUT2D eigenvalue weighted by Gasteiger charge is 2.71. The number of para-hydroxylation sites is 1. The van der Waals surface area contributed by atoms with E-state index < -0.39 is 16.9 Å². The molecule has 1 saturated heterocycles. The van der Waals surface area contributed by atoms with Crippen LogP contribution in [-0.2, 0) is 9.59 Å². The van der Waals surface area contributed by atoms with Crippen molar-refractivity contribution in [3.05, 3.63) is 40.9 Å². The smallest absolute Gasteiger partial charge is 0.228 e. The molecule has 6 heteroatoms. The lowest BCUT2D eigenvalue weighted by atomic mass is 9.33. The van der Waals surface area contributed by atoms with Crippen molar-refractivity contribution < 1.29 is 14.7 Å². The first kappa shape index (κ1) is 32.7. The third-order valence-corrected chi connectivity index (χ3v) is 16.1. The van der Waals surface area contributed by atoms with Crippen LogP contribution in [0.1, 0.15) is 106 Å². The summed E-state index contributed by atoms with van der Waals surface area (Å²) in [6, 6.07) is 7.98. The Morgan fingerprint density at radius 2 is 1.54 bits per heavy atom. The number of hydrogen-bond donors (Lipinski definition) is 1. The largest absolute Gasteiger partial charge is 0.393 e. The minimum Gasteiger partial charge on any atom is -0.393 e. The lowest BCUT2D eigenvalue weighted by Gasteiger charge is -2.70. The fraction of sp³-hybridized carbons (Fsp3) is 0.750. The van der Waals surface area contributed by atoms with Gasteiger partial charge in [-0.1, -0.05) is 77.8 Å². The Bertz CT molecular complexity index is 1460. The lowest BCUT2D eigenvalue weighted by molar-refractivity contribution is -0.215. The molecule has 252 valence electrons. The Balaban J connectivity index is 1.18. The molecule has 4 saturated carbocycles. The van der Waals surface area contributed by atoms with Crippen LogP contribution < -0.4 is 4.90 Å². The van der Waals surface area contributed by atoms with E-state index in [4.69, 9.17) is 11.6 Å². The minimum absolute atomic E-state index is 0.102. The summed E-state index contributed by atoms with van der Waals surface area (Å²) in [7, 11) is 0. The maximum absolute atomic E-state index is 14.7. The van der Waals surface area contributed by atoms with Gasteiger partial charge in [-0.15, -0.1) is 0 Å². The number of nitrogens with zero attached hydrogens (tertiary/aromatic N) is 2. The molecule has 1 aromatic carbocycles. The van der Waals surface area contributed by atoms with Gasteiger partial charge >= 0.3 is 0 Å². The van der Waals surface area contributed by atoms with Crippen molar-refractivity contribution in [1.82, 2.24) is 4.90 Å². The normalized spacial score (nSPS) is 45.2. The van der Waals surface area contributed by atoms with Crippen molar-refractivity contribution in [1.29, 1.82) is 0 Å². The molecule has 9 atom stereocenters. The number of carbonyl (C=O) groups is 2. The van der Waals surface area contributed by atoms with Crippen LogP contribution in [0.4, 0.5) is 5.69 Å². The Kier molecular flexibility index (Phi) is 7.51. The number of fused-ring (bicyclic) bond motifs is 7. The third-order valence-electron chi connectivity index (χ3n) is 15.8. The van der Waals surface area contributed by atoms with Crippen LogP contribution in [0.5, 0.6) is 0 Å². The first-order chi connectivity index (χ1) is 21.5. The van der Waals surface area contributed by atoms with Crippen LogP contribution in [0.3, 0.4) is 0 Å². The van der Waals surface area contributed by atoms with Crippen molar-refractivity contribution >= 4 is 29.0 Å². The summed E-state index contributed by atoms with van der Waals surface area (Å²) < 4.78 is 0. The van der Waals surface area contributed by atoms with Crippen LogP contribution in [0.15, 0.2) is 35.9 Å².